The summed E-state index contributed by atoms with van der Waals surface area (Å²) in [5.41, 5.74) is 4.42. The summed E-state index contributed by atoms with van der Waals surface area (Å²) in [7, 11) is 0. The van der Waals surface area contributed by atoms with E-state index in [4.69, 9.17) is 4.52 Å². The highest BCUT2D eigenvalue weighted by atomic mass is 16.5. The number of aryl methyl sites for hydroxylation is 1. The Morgan fingerprint density at radius 3 is 2.42 bits per heavy atom. The molecule has 4 heteroatoms. The SMILES string of the molecule is O=C(Cc1ccc(-c2ccccc2)cc1)NCCCc1cnoc1. The number of benzene rings is 2. The van der Waals surface area contributed by atoms with E-state index in [9.17, 15) is 4.79 Å². The van der Waals surface area contributed by atoms with Gasteiger partial charge in [0.05, 0.1) is 12.6 Å². The maximum absolute atomic E-state index is 12.0. The van der Waals surface area contributed by atoms with Gasteiger partial charge in [-0.1, -0.05) is 59.8 Å². The van der Waals surface area contributed by atoms with E-state index in [1.807, 2.05) is 30.3 Å². The van der Waals surface area contributed by atoms with Crippen molar-refractivity contribution in [2.24, 2.45) is 0 Å². The summed E-state index contributed by atoms with van der Waals surface area (Å²) >= 11 is 0. The number of carbonyl (C=O) groups is 1. The quantitative estimate of drug-likeness (QED) is 0.676. The van der Waals surface area contributed by atoms with E-state index in [0.717, 1.165) is 29.5 Å². The lowest BCUT2D eigenvalue weighted by Crippen LogP contribution is -2.26. The molecule has 0 radical (unpaired) electrons. The fraction of sp³-hybridized carbons (Fsp3) is 0.200. The van der Waals surface area contributed by atoms with E-state index < -0.39 is 0 Å². The van der Waals surface area contributed by atoms with E-state index in [-0.39, 0.29) is 5.91 Å². The van der Waals surface area contributed by atoms with Crippen LogP contribution in [0.15, 0.2) is 71.6 Å². The molecule has 3 rings (SSSR count). The van der Waals surface area contributed by atoms with E-state index >= 15 is 0 Å². The average molecular weight is 320 g/mol. The summed E-state index contributed by atoms with van der Waals surface area (Å²) in [6.45, 7) is 0.659. The highest BCUT2D eigenvalue weighted by Gasteiger charge is 2.04. The molecule has 24 heavy (non-hydrogen) atoms. The fourth-order valence-electron chi connectivity index (χ4n) is 2.56. The van der Waals surface area contributed by atoms with Crippen LogP contribution in [0.4, 0.5) is 0 Å². The van der Waals surface area contributed by atoms with Crippen molar-refractivity contribution >= 4 is 5.91 Å². The van der Waals surface area contributed by atoms with E-state index in [2.05, 4.69) is 34.7 Å². The van der Waals surface area contributed by atoms with Gasteiger partial charge in [0.2, 0.25) is 5.91 Å². The van der Waals surface area contributed by atoms with Gasteiger partial charge < -0.3 is 9.84 Å². The summed E-state index contributed by atoms with van der Waals surface area (Å²) in [5, 5.41) is 6.61. The molecule has 0 aliphatic rings. The summed E-state index contributed by atoms with van der Waals surface area (Å²) in [6.07, 6.45) is 5.48. The Morgan fingerprint density at radius 2 is 1.71 bits per heavy atom. The minimum absolute atomic E-state index is 0.0489. The summed E-state index contributed by atoms with van der Waals surface area (Å²) in [4.78, 5) is 12.0. The third-order valence-electron chi connectivity index (χ3n) is 3.87. The Bertz CT molecular complexity index is 750. The molecule has 0 saturated carbocycles. The Labute approximate surface area is 141 Å². The van der Waals surface area contributed by atoms with Crippen LogP contribution >= 0.6 is 0 Å². The molecular formula is C20H20N2O2. The number of hydrogen-bond donors (Lipinski definition) is 1. The Kier molecular flexibility index (Phi) is 5.40. The maximum atomic E-state index is 12.0. The molecule has 1 heterocycles. The number of amides is 1. The molecule has 0 atom stereocenters. The number of rotatable bonds is 7. The van der Waals surface area contributed by atoms with Gasteiger partial charge in [0.25, 0.3) is 0 Å². The number of carbonyl (C=O) groups excluding carboxylic acids is 1. The molecule has 0 bridgehead atoms. The van der Waals surface area contributed by atoms with Crippen molar-refractivity contribution in [1.29, 1.82) is 0 Å². The van der Waals surface area contributed by atoms with Crippen molar-refractivity contribution in [3.05, 3.63) is 78.2 Å². The average Bonchev–Trinajstić information content (AvgIpc) is 3.14. The van der Waals surface area contributed by atoms with Gasteiger partial charge in [-0.15, -0.1) is 0 Å². The van der Waals surface area contributed by atoms with Crippen LogP contribution in [0.5, 0.6) is 0 Å². The molecule has 0 unspecified atom stereocenters. The van der Waals surface area contributed by atoms with Gasteiger partial charge in [-0.05, 0) is 29.5 Å². The first-order chi connectivity index (χ1) is 11.8. The lowest BCUT2D eigenvalue weighted by molar-refractivity contribution is -0.120. The van der Waals surface area contributed by atoms with Crippen molar-refractivity contribution in [2.75, 3.05) is 6.54 Å². The van der Waals surface area contributed by atoms with Crippen molar-refractivity contribution in [3.8, 4) is 11.1 Å². The van der Waals surface area contributed by atoms with E-state index in [0.29, 0.717) is 13.0 Å². The molecule has 0 aliphatic heterocycles. The largest absolute Gasteiger partial charge is 0.364 e. The zero-order valence-electron chi connectivity index (χ0n) is 13.4. The second-order valence-corrected chi connectivity index (χ2v) is 5.73. The lowest BCUT2D eigenvalue weighted by atomic mass is 10.0. The minimum atomic E-state index is 0.0489. The molecule has 2 aromatic carbocycles. The molecule has 4 nitrogen and oxygen atoms in total. The molecule has 0 fully saturated rings. The molecule has 1 N–H and O–H groups in total. The van der Waals surface area contributed by atoms with Crippen LogP contribution in [-0.2, 0) is 17.6 Å². The van der Waals surface area contributed by atoms with Crippen LogP contribution in [0.2, 0.25) is 0 Å². The van der Waals surface area contributed by atoms with Gasteiger partial charge in [0, 0.05) is 12.1 Å². The van der Waals surface area contributed by atoms with Gasteiger partial charge in [0.15, 0.2) is 0 Å². The molecule has 3 aromatic rings. The molecule has 1 amide bonds. The van der Waals surface area contributed by atoms with Crippen LogP contribution < -0.4 is 5.32 Å². The Morgan fingerprint density at radius 1 is 0.958 bits per heavy atom. The topological polar surface area (TPSA) is 55.1 Å². The van der Waals surface area contributed by atoms with Gasteiger partial charge in [-0.2, -0.15) is 0 Å². The smallest absolute Gasteiger partial charge is 0.224 e. The van der Waals surface area contributed by atoms with Crippen molar-refractivity contribution in [1.82, 2.24) is 10.5 Å². The number of nitrogens with one attached hydrogen (secondary N) is 1. The fourth-order valence-corrected chi connectivity index (χ4v) is 2.56. The maximum Gasteiger partial charge on any atom is 0.224 e. The van der Waals surface area contributed by atoms with Crippen LogP contribution in [0.1, 0.15) is 17.5 Å². The lowest BCUT2D eigenvalue weighted by Gasteiger charge is -2.06. The molecular weight excluding hydrogens is 300 g/mol. The van der Waals surface area contributed by atoms with Crippen LogP contribution in [0.3, 0.4) is 0 Å². The number of nitrogens with zero attached hydrogens (tertiary/aromatic N) is 1. The van der Waals surface area contributed by atoms with Gasteiger partial charge in [-0.25, -0.2) is 0 Å². The third-order valence-corrected chi connectivity index (χ3v) is 3.87. The van der Waals surface area contributed by atoms with Crippen LogP contribution in [0.25, 0.3) is 11.1 Å². The second-order valence-electron chi connectivity index (χ2n) is 5.73. The Hall–Kier alpha value is -2.88. The molecule has 122 valence electrons. The molecule has 0 saturated heterocycles. The van der Waals surface area contributed by atoms with Crippen molar-refractivity contribution in [3.63, 3.8) is 0 Å². The standard InChI is InChI=1S/C20H20N2O2/c23-20(21-12-4-5-17-14-22-24-15-17)13-16-8-10-19(11-9-16)18-6-2-1-3-7-18/h1-3,6-11,14-15H,4-5,12-13H2,(H,21,23). The van der Waals surface area contributed by atoms with Gasteiger partial charge in [-0.3, -0.25) is 4.79 Å². The van der Waals surface area contributed by atoms with Gasteiger partial charge in [0.1, 0.15) is 6.26 Å². The Balaban J connectivity index is 1.44. The number of hydrogen-bond acceptors (Lipinski definition) is 3. The van der Waals surface area contributed by atoms with Crippen molar-refractivity contribution < 1.29 is 9.32 Å². The molecule has 0 spiro atoms. The molecule has 0 aliphatic carbocycles. The van der Waals surface area contributed by atoms with Crippen LogP contribution in [-0.4, -0.2) is 17.6 Å². The number of aromatic nitrogens is 1. The highest BCUT2D eigenvalue weighted by Crippen LogP contribution is 2.19. The van der Waals surface area contributed by atoms with Crippen molar-refractivity contribution in [2.45, 2.75) is 19.3 Å². The van der Waals surface area contributed by atoms with E-state index in [1.54, 1.807) is 12.5 Å². The predicted octanol–water partition coefficient (Wildman–Crippen LogP) is 3.63. The second kappa shape index (κ2) is 8.11. The minimum Gasteiger partial charge on any atom is -0.364 e. The first kappa shape index (κ1) is 16.0. The highest BCUT2D eigenvalue weighted by molar-refractivity contribution is 5.78. The monoisotopic (exact) mass is 320 g/mol. The zero-order chi connectivity index (χ0) is 16.6. The van der Waals surface area contributed by atoms with Gasteiger partial charge >= 0.3 is 0 Å². The summed E-state index contributed by atoms with van der Waals surface area (Å²) in [5.74, 6) is 0.0489. The summed E-state index contributed by atoms with van der Waals surface area (Å²) in [6, 6.07) is 18.4. The predicted molar refractivity (Wildman–Crippen MR) is 93.4 cm³/mol. The normalized spacial score (nSPS) is 10.5. The molecule has 1 aromatic heterocycles. The first-order valence-electron chi connectivity index (χ1n) is 8.10. The third kappa shape index (κ3) is 4.56. The summed E-state index contributed by atoms with van der Waals surface area (Å²) < 4.78 is 4.78. The van der Waals surface area contributed by atoms with E-state index in [1.165, 1.54) is 5.56 Å². The first-order valence-corrected chi connectivity index (χ1v) is 8.10. The zero-order valence-corrected chi connectivity index (χ0v) is 13.4. The van der Waals surface area contributed by atoms with Crippen LogP contribution in [0, 0.1) is 0 Å².